The van der Waals surface area contributed by atoms with E-state index in [4.69, 9.17) is 0 Å². The lowest BCUT2D eigenvalue weighted by atomic mass is 10.2. The normalized spacial score (nSPS) is 12.2. The molecule has 2 nitrogen and oxygen atoms in total. The molecule has 0 saturated heterocycles. The average Bonchev–Trinajstić information content (AvgIpc) is 2.16. The maximum absolute atomic E-state index is 12.8. The van der Waals surface area contributed by atoms with Gasteiger partial charge in [-0.3, -0.25) is 4.79 Å². The molecule has 0 aliphatic heterocycles. The van der Waals surface area contributed by atoms with Gasteiger partial charge in [-0.1, -0.05) is 22.9 Å². The zero-order chi connectivity index (χ0) is 12.1. The van der Waals surface area contributed by atoms with E-state index in [9.17, 15) is 9.18 Å². The van der Waals surface area contributed by atoms with Crippen LogP contribution in [0.2, 0.25) is 0 Å². The van der Waals surface area contributed by atoms with Gasteiger partial charge in [0.15, 0.2) is 0 Å². The molecule has 0 saturated carbocycles. The molecule has 0 aromatic heterocycles. The summed E-state index contributed by atoms with van der Waals surface area (Å²) in [7, 11) is 0. The lowest BCUT2D eigenvalue weighted by molar-refractivity contribution is 0.0952. The highest BCUT2D eigenvalue weighted by Crippen LogP contribution is 2.17. The van der Waals surface area contributed by atoms with Gasteiger partial charge in [-0.05, 0) is 40.5 Å². The van der Waals surface area contributed by atoms with Gasteiger partial charge in [0.25, 0.3) is 5.91 Å². The van der Waals surface area contributed by atoms with Crippen molar-refractivity contribution in [1.82, 2.24) is 5.32 Å². The van der Waals surface area contributed by atoms with Crippen molar-refractivity contribution in [3.8, 4) is 0 Å². The van der Waals surface area contributed by atoms with Crippen LogP contribution in [0.1, 0.15) is 23.7 Å². The summed E-state index contributed by atoms with van der Waals surface area (Å²) < 4.78 is 13.3. The van der Waals surface area contributed by atoms with Crippen molar-refractivity contribution in [2.75, 3.05) is 6.54 Å². The Bertz CT molecular complexity index is 382. The van der Waals surface area contributed by atoms with Crippen molar-refractivity contribution in [3.63, 3.8) is 0 Å². The molecule has 1 unspecified atom stereocenters. The van der Waals surface area contributed by atoms with Crippen LogP contribution in [-0.4, -0.2) is 17.3 Å². The van der Waals surface area contributed by atoms with Gasteiger partial charge in [0.05, 0.1) is 5.56 Å². The smallest absolute Gasteiger partial charge is 0.252 e. The van der Waals surface area contributed by atoms with E-state index in [1.807, 2.05) is 6.92 Å². The first-order valence-electron chi connectivity index (χ1n) is 4.88. The predicted octanol–water partition coefficient (Wildman–Crippen LogP) is 3.49. The van der Waals surface area contributed by atoms with Gasteiger partial charge < -0.3 is 5.32 Å². The lowest BCUT2D eigenvalue weighted by Crippen LogP contribution is -2.26. The first-order chi connectivity index (χ1) is 7.50. The zero-order valence-electron chi connectivity index (χ0n) is 8.77. The molecule has 0 spiro atoms. The molecular formula is C11H12Br2FNO. The SMILES string of the molecule is CC(Br)CCNC(=O)c1ccc(F)cc1Br. The molecule has 0 heterocycles. The van der Waals surface area contributed by atoms with Gasteiger partial charge in [-0.15, -0.1) is 0 Å². The topological polar surface area (TPSA) is 29.1 Å². The molecule has 0 fully saturated rings. The number of hydrogen-bond acceptors (Lipinski definition) is 1. The van der Waals surface area contributed by atoms with Gasteiger partial charge >= 0.3 is 0 Å². The highest BCUT2D eigenvalue weighted by atomic mass is 79.9. The van der Waals surface area contributed by atoms with Crippen molar-refractivity contribution in [2.45, 2.75) is 18.2 Å². The van der Waals surface area contributed by atoms with Crippen LogP contribution < -0.4 is 5.32 Å². The molecule has 5 heteroatoms. The van der Waals surface area contributed by atoms with E-state index in [-0.39, 0.29) is 11.7 Å². The number of halogens is 3. The third kappa shape index (κ3) is 4.22. The monoisotopic (exact) mass is 351 g/mol. The molecule has 1 N–H and O–H groups in total. The summed E-state index contributed by atoms with van der Waals surface area (Å²) in [6.45, 7) is 2.61. The van der Waals surface area contributed by atoms with E-state index in [1.54, 1.807) is 0 Å². The van der Waals surface area contributed by atoms with Crippen LogP contribution in [0.5, 0.6) is 0 Å². The van der Waals surface area contributed by atoms with Crippen molar-refractivity contribution in [2.24, 2.45) is 0 Å². The Morgan fingerprint density at radius 3 is 2.81 bits per heavy atom. The molecule has 1 atom stereocenters. The van der Waals surface area contributed by atoms with E-state index >= 15 is 0 Å². The number of benzene rings is 1. The molecule has 0 bridgehead atoms. The van der Waals surface area contributed by atoms with Crippen molar-refractivity contribution in [3.05, 3.63) is 34.1 Å². The van der Waals surface area contributed by atoms with Crippen LogP contribution in [0.4, 0.5) is 4.39 Å². The Morgan fingerprint density at radius 2 is 2.25 bits per heavy atom. The summed E-state index contributed by atoms with van der Waals surface area (Å²) >= 11 is 6.55. The Kier molecular flexibility index (Phi) is 5.41. The van der Waals surface area contributed by atoms with Gasteiger partial charge in [0.1, 0.15) is 5.82 Å². The largest absolute Gasteiger partial charge is 0.352 e. The lowest BCUT2D eigenvalue weighted by Gasteiger charge is -2.07. The highest BCUT2D eigenvalue weighted by molar-refractivity contribution is 9.10. The molecule has 0 aliphatic carbocycles. The number of carbonyl (C=O) groups is 1. The number of hydrogen-bond donors (Lipinski definition) is 1. The second-order valence-corrected chi connectivity index (χ2v) is 5.87. The zero-order valence-corrected chi connectivity index (χ0v) is 11.9. The van der Waals surface area contributed by atoms with Crippen LogP contribution in [0.15, 0.2) is 22.7 Å². The van der Waals surface area contributed by atoms with Crippen molar-refractivity contribution in [1.29, 1.82) is 0 Å². The van der Waals surface area contributed by atoms with Crippen molar-refractivity contribution >= 4 is 37.8 Å². The van der Waals surface area contributed by atoms with E-state index in [0.29, 0.717) is 21.4 Å². The summed E-state index contributed by atoms with van der Waals surface area (Å²) in [5, 5.41) is 2.77. The minimum absolute atomic E-state index is 0.194. The minimum atomic E-state index is -0.363. The number of rotatable bonds is 4. The second-order valence-electron chi connectivity index (χ2n) is 3.45. The molecule has 1 aromatic carbocycles. The maximum Gasteiger partial charge on any atom is 0.252 e. The fourth-order valence-corrected chi connectivity index (χ4v) is 1.91. The summed E-state index contributed by atoms with van der Waals surface area (Å²) in [6.07, 6.45) is 0.852. The molecule has 1 rings (SSSR count). The Morgan fingerprint density at radius 1 is 1.56 bits per heavy atom. The number of amides is 1. The standard InChI is InChI=1S/C11H12Br2FNO/c1-7(12)4-5-15-11(16)9-3-2-8(14)6-10(9)13/h2-3,6-7H,4-5H2,1H3,(H,15,16). The minimum Gasteiger partial charge on any atom is -0.352 e. The van der Waals surface area contributed by atoms with Crippen LogP contribution in [0.3, 0.4) is 0 Å². The Balaban J connectivity index is 2.59. The van der Waals surface area contributed by atoms with E-state index in [0.717, 1.165) is 6.42 Å². The molecule has 0 radical (unpaired) electrons. The quantitative estimate of drug-likeness (QED) is 0.825. The summed E-state index contributed by atoms with van der Waals surface area (Å²) in [6, 6.07) is 4.02. The van der Waals surface area contributed by atoms with Gasteiger partial charge in [0, 0.05) is 15.8 Å². The van der Waals surface area contributed by atoms with Crippen LogP contribution in [0.25, 0.3) is 0 Å². The molecule has 0 aliphatic rings. The molecular weight excluding hydrogens is 341 g/mol. The maximum atomic E-state index is 12.8. The summed E-state index contributed by atoms with van der Waals surface area (Å²) in [5.41, 5.74) is 0.448. The van der Waals surface area contributed by atoms with Gasteiger partial charge in [0.2, 0.25) is 0 Å². The fraction of sp³-hybridized carbons (Fsp3) is 0.364. The average molecular weight is 353 g/mol. The first-order valence-corrected chi connectivity index (χ1v) is 6.59. The summed E-state index contributed by atoms with van der Waals surface area (Å²) in [4.78, 5) is 12.0. The van der Waals surface area contributed by atoms with E-state index < -0.39 is 0 Å². The molecule has 1 amide bonds. The van der Waals surface area contributed by atoms with Crippen LogP contribution in [0, 0.1) is 5.82 Å². The third-order valence-electron chi connectivity index (χ3n) is 2.00. The fourth-order valence-electron chi connectivity index (χ4n) is 1.15. The summed E-state index contributed by atoms with van der Waals surface area (Å²) in [5.74, 6) is -0.558. The van der Waals surface area contributed by atoms with Crippen LogP contribution >= 0.6 is 31.9 Å². The van der Waals surface area contributed by atoms with Gasteiger partial charge in [-0.25, -0.2) is 4.39 Å². The second kappa shape index (κ2) is 6.35. The van der Waals surface area contributed by atoms with Crippen molar-refractivity contribution < 1.29 is 9.18 Å². The third-order valence-corrected chi connectivity index (χ3v) is 3.12. The first kappa shape index (κ1) is 13.6. The predicted molar refractivity (Wildman–Crippen MR) is 69.4 cm³/mol. The molecule has 16 heavy (non-hydrogen) atoms. The Hall–Kier alpha value is -0.420. The Labute approximate surface area is 111 Å². The van der Waals surface area contributed by atoms with E-state index in [2.05, 4.69) is 37.2 Å². The number of carbonyl (C=O) groups excluding carboxylic acids is 1. The number of alkyl halides is 1. The van der Waals surface area contributed by atoms with Crippen LogP contribution in [-0.2, 0) is 0 Å². The molecule has 88 valence electrons. The highest BCUT2D eigenvalue weighted by Gasteiger charge is 2.10. The van der Waals surface area contributed by atoms with Gasteiger partial charge in [-0.2, -0.15) is 0 Å². The van der Waals surface area contributed by atoms with E-state index in [1.165, 1.54) is 18.2 Å². The molecule has 1 aromatic rings. The number of nitrogens with one attached hydrogen (secondary N) is 1.